The fourth-order valence-electron chi connectivity index (χ4n) is 2.39. The van der Waals surface area contributed by atoms with Gasteiger partial charge in [0, 0.05) is 35.1 Å². The molecule has 3 aromatic rings. The van der Waals surface area contributed by atoms with Gasteiger partial charge in [0.15, 0.2) is 0 Å². The zero-order chi connectivity index (χ0) is 17.9. The van der Waals surface area contributed by atoms with E-state index >= 15 is 0 Å². The van der Waals surface area contributed by atoms with E-state index in [-0.39, 0.29) is 30.7 Å². The number of aromatic nitrogens is 2. The largest absolute Gasteiger partial charge is 0.350 e. The van der Waals surface area contributed by atoms with Gasteiger partial charge in [0.2, 0.25) is 0 Å². The van der Waals surface area contributed by atoms with Gasteiger partial charge in [0.25, 0.3) is 5.91 Å². The van der Waals surface area contributed by atoms with Gasteiger partial charge in [-0.05, 0) is 38.1 Å². The van der Waals surface area contributed by atoms with Crippen molar-refractivity contribution in [1.29, 1.82) is 0 Å². The molecule has 0 aliphatic carbocycles. The Bertz CT molecular complexity index is 860. The number of amides is 1. The van der Waals surface area contributed by atoms with Gasteiger partial charge in [-0.15, -0.1) is 36.6 Å². The predicted molar refractivity (Wildman–Crippen MR) is 116 cm³/mol. The fraction of sp³-hybridized carbons (Fsp3) is 0.263. The Hall–Kier alpha value is -1.73. The van der Waals surface area contributed by atoms with Crippen LogP contribution in [0.25, 0.3) is 5.65 Å². The number of thioether (sulfide) groups is 1. The van der Waals surface area contributed by atoms with Gasteiger partial charge in [-0.3, -0.25) is 4.79 Å². The van der Waals surface area contributed by atoms with Gasteiger partial charge < -0.3 is 15.5 Å². The number of fused-ring (bicyclic) bond motifs is 1. The molecule has 0 saturated carbocycles. The summed E-state index contributed by atoms with van der Waals surface area (Å²) in [7, 11) is 0. The fourth-order valence-corrected chi connectivity index (χ4v) is 3.33. The minimum atomic E-state index is -0.436. The summed E-state index contributed by atoms with van der Waals surface area (Å²) < 4.78 is 2.00. The highest BCUT2D eigenvalue weighted by atomic mass is 35.5. The summed E-state index contributed by atoms with van der Waals surface area (Å²) in [6, 6.07) is 13.5. The van der Waals surface area contributed by atoms with Crippen molar-refractivity contribution in [3.05, 3.63) is 66.1 Å². The third kappa shape index (κ3) is 6.43. The predicted octanol–water partition coefficient (Wildman–Crippen LogP) is 3.94. The second kappa shape index (κ2) is 9.99. The van der Waals surface area contributed by atoms with Gasteiger partial charge in [-0.1, -0.05) is 18.2 Å². The van der Waals surface area contributed by atoms with Crippen molar-refractivity contribution < 1.29 is 4.79 Å². The number of imidazole rings is 1. The third-order valence-corrected chi connectivity index (χ3v) is 4.73. The molecular weight excluding hydrogens is 403 g/mol. The van der Waals surface area contributed by atoms with E-state index in [4.69, 9.17) is 5.73 Å². The molecule has 3 N–H and O–H groups in total. The molecule has 0 bridgehead atoms. The zero-order valence-electron chi connectivity index (χ0n) is 15.2. The maximum atomic E-state index is 12.5. The van der Waals surface area contributed by atoms with E-state index in [0.717, 1.165) is 16.2 Å². The summed E-state index contributed by atoms with van der Waals surface area (Å²) >= 11 is 1.61. The molecule has 8 heteroatoms. The number of carbonyl (C=O) groups excluding carboxylic acids is 1. The Balaban J connectivity index is 0.00000182. The minimum Gasteiger partial charge on any atom is -0.350 e. The number of nitrogens with zero attached hydrogens (tertiary/aromatic N) is 2. The summed E-state index contributed by atoms with van der Waals surface area (Å²) in [5.74, 6) is 0.602. The van der Waals surface area contributed by atoms with Gasteiger partial charge in [0.05, 0.1) is 11.3 Å². The number of hydrogen-bond donors (Lipinski definition) is 2. The molecule has 146 valence electrons. The van der Waals surface area contributed by atoms with E-state index in [1.807, 2.05) is 73.1 Å². The number of nitrogens with two attached hydrogens (primary N) is 1. The lowest BCUT2D eigenvalue weighted by atomic mass is 10.1. The highest BCUT2D eigenvalue weighted by molar-refractivity contribution is 7.98. The van der Waals surface area contributed by atoms with Gasteiger partial charge in [-0.2, -0.15) is 0 Å². The quantitative estimate of drug-likeness (QED) is 0.585. The molecule has 0 aliphatic heterocycles. The van der Waals surface area contributed by atoms with E-state index in [9.17, 15) is 4.79 Å². The lowest BCUT2D eigenvalue weighted by molar-refractivity contribution is 0.0943. The Kier molecular flexibility index (Phi) is 8.62. The monoisotopic (exact) mass is 426 g/mol. The number of rotatable bonds is 6. The van der Waals surface area contributed by atoms with Crippen LogP contribution in [0.1, 0.15) is 29.9 Å². The molecule has 0 aliphatic rings. The second-order valence-electron chi connectivity index (χ2n) is 6.65. The SMILES string of the molecule is CC(C)(N)CNC(=O)c1ccccc1SCc1cn2ccccc2n1.Cl.Cl. The molecule has 1 aromatic carbocycles. The van der Waals surface area contributed by atoms with Crippen LogP contribution in [0.2, 0.25) is 0 Å². The summed E-state index contributed by atoms with van der Waals surface area (Å²) in [6.45, 7) is 4.20. The van der Waals surface area contributed by atoms with Crippen molar-refractivity contribution in [2.45, 2.75) is 30.0 Å². The van der Waals surface area contributed by atoms with Crippen molar-refractivity contribution in [1.82, 2.24) is 14.7 Å². The van der Waals surface area contributed by atoms with Crippen LogP contribution >= 0.6 is 36.6 Å². The summed E-state index contributed by atoms with van der Waals surface area (Å²) in [6.07, 6.45) is 3.99. The molecular formula is C19H24Cl2N4OS. The molecule has 2 heterocycles. The maximum Gasteiger partial charge on any atom is 0.252 e. The highest BCUT2D eigenvalue weighted by Gasteiger charge is 2.16. The van der Waals surface area contributed by atoms with Crippen LogP contribution in [-0.4, -0.2) is 27.4 Å². The number of hydrogen-bond acceptors (Lipinski definition) is 4. The summed E-state index contributed by atoms with van der Waals surface area (Å²) in [5, 5.41) is 2.90. The Morgan fingerprint density at radius 1 is 1.19 bits per heavy atom. The number of pyridine rings is 1. The first-order valence-corrected chi connectivity index (χ1v) is 9.12. The minimum absolute atomic E-state index is 0. The molecule has 0 unspecified atom stereocenters. The topological polar surface area (TPSA) is 72.4 Å². The number of benzene rings is 1. The molecule has 3 rings (SSSR count). The van der Waals surface area contributed by atoms with Crippen molar-refractivity contribution >= 4 is 48.1 Å². The molecule has 0 spiro atoms. The van der Waals surface area contributed by atoms with Crippen LogP contribution in [0.4, 0.5) is 0 Å². The van der Waals surface area contributed by atoms with Crippen LogP contribution in [0.5, 0.6) is 0 Å². The lowest BCUT2D eigenvalue weighted by Crippen LogP contribution is -2.45. The first-order valence-electron chi connectivity index (χ1n) is 8.14. The normalized spacial score (nSPS) is 10.8. The van der Waals surface area contributed by atoms with E-state index in [1.165, 1.54) is 0 Å². The van der Waals surface area contributed by atoms with E-state index in [0.29, 0.717) is 17.9 Å². The molecule has 2 aromatic heterocycles. The van der Waals surface area contributed by atoms with E-state index in [1.54, 1.807) is 11.8 Å². The van der Waals surface area contributed by atoms with Crippen LogP contribution in [0.15, 0.2) is 59.8 Å². The van der Waals surface area contributed by atoms with Gasteiger partial charge in [0.1, 0.15) is 5.65 Å². The molecule has 0 radical (unpaired) electrons. The number of carbonyl (C=O) groups is 1. The highest BCUT2D eigenvalue weighted by Crippen LogP contribution is 2.26. The molecule has 0 fully saturated rings. The van der Waals surface area contributed by atoms with E-state index < -0.39 is 5.54 Å². The van der Waals surface area contributed by atoms with Crippen LogP contribution in [0.3, 0.4) is 0 Å². The Morgan fingerprint density at radius 3 is 2.59 bits per heavy atom. The number of halogens is 2. The van der Waals surface area contributed by atoms with Crippen LogP contribution in [0, 0.1) is 0 Å². The molecule has 0 saturated heterocycles. The summed E-state index contributed by atoms with van der Waals surface area (Å²) in [5.41, 5.74) is 8.08. The van der Waals surface area contributed by atoms with Crippen molar-refractivity contribution in [3.63, 3.8) is 0 Å². The summed E-state index contributed by atoms with van der Waals surface area (Å²) in [4.78, 5) is 18.0. The van der Waals surface area contributed by atoms with Crippen molar-refractivity contribution in [2.75, 3.05) is 6.54 Å². The van der Waals surface area contributed by atoms with Crippen molar-refractivity contribution in [3.8, 4) is 0 Å². The lowest BCUT2D eigenvalue weighted by Gasteiger charge is -2.19. The molecule has 1 amide bonds. The standard InChI is InChI=1S/C19H22N4OS.2ClH/c1-19(2,20)13-21-18(24)15-7-3-4-8-16(15)25-12-14-11-23-10-6-5-9-17(23)22-14;;/h3-11H,12-13,20H2,1-2H3,(H,21,24);2*1H. The first-order chi connectivity index (χ1) is 11.9. The zero-order valence-corrected chi connectivity index (χ0v) is 17.7. The second-order valence-corrected chi connectivity index (χ2v) is 7.67. The maximum absolute atomic E-state index is 12.5. The Labute approximate surface area is 175 Å². The van der Waals surface area contributed by atoms with Crippen LogP contribution < -0.4 is 11.1 Å². The number of nitrogens with one attached hydrogen (secondary N) is 1. The van der Waals surface area contributed by atoms with E-state index in [2.05, 4.69) is 10.3 Å². The smallest absolute Gasteiger partial charge is 0.252 e. The Morgan fingerprint density at radius 2 is 1.89 bits per heavy atom. The average molecular weight is 427 g/mol. The molecule has 5 nitrogen and oxygen atoms in total. The van der Waals surface area contributed by atoms with Gasteiger partial charge in [-0.25, -0.2) is 4.98 Å². The first kappa shape index (κ1) is 23.3. The molecule has 0 atom stereocenters. The van der Waals surface area contributed by atoms with Gasteiger partial charge >= 0.3 is 0 Å². The van der Waals surface area contributed by atoms with Crippen LogP contribution in [-0.2, 0) is 5.75 Å². The van der Waals surface area contributed by atoms with Crippen molar-refractivity contribution in [2.24, 2.45) is 5.73 Å². The third-order valence-electron chi connectivity index (χ3n) is 3.63. The molecule has 27 heavy (non-hydrogen) atoms. The average Bonchev–Trinajstić information content (AvgIpc) is 3.00.